The van der Waals surface area contributed by atoms with Crippen molar-refractivity contribution in [2.75, 3.05) is 31.6 Å². The highest BCUT2D eigenvalue weighted by Gasteiger charge is 2.36. The largest absolute Gasteiger partial charge is 0.497 e. The highest BCUT2D eigenvalue weighted by atomic mass is 32.2. The Morgan fingerprint density at radius 2 is 1.85 bits per heavy atom. The van der Waals surface area contributed by atoms with Gasteiger partial charge in [-0.25, -0.2) is 0 Å². The van der Waals surface area contributed by atoms with Gasteiger partial charge in [-0.2, -0.15) is 0 Å². The summed E-state index contributed by atoms with van der Waals surface area (Å²) in [6.45, 7) is 0.503. The number of hydrogen-bond donors (Lipinski definition) is 1. The number of rotatable bonds is 7. The standard InChI is InChI=1S/C24H23N3O5S/c1-32-19-9-7-16(8-10-19)13-20-23(30)26(24(31)33-20)12-11-25-22(29)17-14-21(28)27(15-17)18-5-3-2-4-6-18/h2-10,13,17H,11-12,14-15H2,1H3,(H,25,29)/b20-13-/t17-/m1/s1. The van der Waals surface area contributed by atoms with Crippen molar-refractivity contribution in [2.24, 2.45) is 5.92 Å². The number of thioether (sulfide) groups is 1. The van der Waals surface area contributed by atoms with Crippen LogP contribution in [0.25, 0.3) is 6.08 Å². The van der Waals surface area contributed by atoms with Crippen LogP contribution in [0.5, 0.6) is 5.75 Å². The maximum absolute atomic E-state index is 12.6. The van der Waals surface area contributed by atoms with E-state index < -0.39 is 5.92 Å². The molecule has 8 nitrogen and oxygen atoms in total. The van der Waals surface area contributed by atoms with Crippen molar-refractivity contribution in [1.82, 2.24) is 10.2 Å². The van der Waals surface area contributed by atoms with Crippen molar-refractivity contribution in [3.63, 3.8) is 0 Å². The predicted octanol–water partition coefficient (Wildman–Crippen LogP) is 2.90. The van der Waals surface area contributed by atoms with Crippen molar-refractivity contribution in [3.05, 3.63) is 65.1 Å². The summed E-state index contributed by atoms with van der Waals surface area (Å²) >= 11 is 0.872. The van der Waals surface area contributed by atoms with Crippen molar-refractivity contribution in [3.8, 4) is 5.75 Å². The lowest BCUT2D eigenvalue weighted by Gasteiger charge is -2.17. The first-order valence-electron chi connectivity index (χ1n) is 10.5. The Balaban J connectivity index is 1.30. The number of anilines is 1. The van der Waals surface area contributed by atoms with Crippen LogP contribution in [0, 0.1) is 5.92 Å². The van der Waals surface area contributed by atoms with E-state index in [0.717, 1.165) is 27.9 Å². The molecule has 2 heterocycles. The van der Waals surface area contributed by atoms with E-state index in [1.165, 1.54) is 0 Å². The van der Waals surface area contributed by atoms with Crippen molar-refractivity contribution < 1.29 is 23.9 Å². The zero-order chi connectivity index (χ0) is 23.4. The van der Waals surface area contributed by atoms with Gasteiger partial charge in [-0.05, 0) is 47.7 Å². The third-order valence-electron chi connectivity index (χ3n) is 5.49. The minimum atomic E-state index is -0.470. The van der Waals surface area contributed by atoms with Crippen molar-refractivity contribution in [2.45, 2.75) is 6.42 Å². The number of carbonyl (C=O) groups excluding carboxylic acids is 4. The van der Waals surface area contributed by atoms with Gasteiger partial charge >= 0.3 is 0 Å². The van der Waals surface area contributed by atoms with Gasteiger partial charge in [0, 0.05) is 31.7 Å². The molecule has 4 rings (SSSR count). The number of amides is 4. The van der Waals surface area contributed by atoms with Gasteiger partial charge in [0.05, 0.1) is 17.9 Å². The molecule has 0 unspecified atom stereocenters. The van der Waals surface area contributed by atoms with Crippen LogP contribution in [-0.2, 0) is 14.4 Å². The van der Waals surface area contributed by atoms with E-state index >= 15 is 0 Å². The number of nitrogens with zero attached hydrogens (tertiary/aromatic N) is 2. The molecule has 2 aromatic rings. The summed E-state index contributed by atoms with van der Waals surface area (Å²) in [4.78, 5) is 52.9. The summed E-state index contributed by atoms with van der Waals surface area (Å²) in [5.74, 6) is -0.519. The molecule has 2 saturated heterocycles. The Bertz CT molecular complexity index is 1100. The molecule has 170 valence electrons. The molecule has 4 amide bonds. The Kier molecular flexibility index (Phi) is 6.79. The Morgan fingerprint density at radius 1 is 1.12 bits per heavy atom. The first-order valence-corrected chi connectivity index (χ1v) is 11.3. The lowest BCUT2D eigenvalue weighted by molar-refractivity contribution is -0.127. The van der Waals surface area contributed by atoms with Gasteiger partial charge in [-0.3, -0.25) is 24.1 Å². The predicted molar refractivity (Wildman–Crippen MR) is 126 cm³/mol. The molecule has 0 radical (unpaired) electrons. The highest BCUT2D eigenvalue weighted by molar-refractivity contribution is 8.18. The number of para-hydroxylation sites is 1. The molecular weight excluding hydrogens is 442 g/mol. The molecule has 2 aliphatic heterocycles. The Hall–Kier alpha value is -3.59. The third kappa shape index (κ3) is 5.09. The Labute approximate surface area is 195 Å². The highest BCUT2D eigenvalue weighted by Crippen LogP contribution is 2.32. The first-order chi connectivity index (χ1) is 16.0. The summed E-state index contributed by atoms with van der Waals surface area (Å²) in [6.07, 6.45) is 1.79. The fourth-order valence-corrected chi connectivity index (χ4v) is 4.59. The summed E-state index contributed by atoms with van der Waals surface area (Å²) in [7, 11) is 1.57. The molecule has 0 bridgehead atoms. The lowest BCUT2D eigenvalue weighted by atomic mass is 10.1. The van der Waals surface area contributed by atoms with Crippen LogP contribution in [0.4, 0.5) is 10.5 Å². The van der Waals surface area contributed by atoms with Crippen LogP contribution < -0.4 is 15.0 Å². The van der Waals surface area contributed by atoms with Crippen LogP contribution in [-0.4, -0.2) is 54.6 Å². The zero-order valence-corrected chi connectivity index (χ0v) is 18.8. The molecule has 0 aromatic heterocycles. The topological polar surface area (TPSA) is 96.0 Å². The number of imide groups is 1. The molecule has 0 aliphatic carbocycles. The van der Waals surface area contributed by atoms with E-state index in [2.05, 4.69) is 5.32 Å². The quantitative estimate of drug-likeness (QED) is 0.632. The fourth-order valence-electron chi connectivity index (χ4n) is 3.72. The minimum Gasteiger partial charge on any atom is -0.497 e. The molecule has 33 heavy (non-hydrogen) atoms. The third-order valence-corrected chi connectivity index (χ3v) is 6.39. The fraction of sp³-hybridized carbons (Fsp3) is 0.250. The second-order valence-corrected chi connectivity index (χ2v) is 8.63. The average Bonchev–Trinajstić information content (AvgIpc) is 3.34. The van der Waals surface area contributed by atoms with Gasteiger partial charge in [-0.15, -0.1) is 0 Å². The monoisotopic (exact) mass is 465 g/mol. The SMILES string of the molecule is COc1ccc(/C=C2\SC(=O)N(CCNC(=O)[C@@H]3CC(=O)N(c4ccccc4)C3)C2=O)cc1. The normalized spacial score (nSPS) is 19.5. The van der Waals surface area contributed by atoms with Crippen molar-refractivity contribution in [1.29, 1.82) is 0 Å². The maximum atomic E-state index is 12.6. The zero-order valence-electron chi connectivity index (χ0n) is 18.0. The van der Waals surface area contributed by atoms with Crippen LogP contribution in [0.3, 0.4) is 0 Å². The van der Waals surface area contributed by atoms with E-state index in [4.69, 9.17) is 4.74 Å². The molecule has 1 atom stereocenters. The van der Waals surface area contributed by atoms with Crippen LogP contribution in [0.2, 0.25) is 0 Å². The van der Waals surface area contributed by atoms with Gasteiger partial charge in [-0.1, -0.05) is 30.3 Å². The van der Waals surface area contributed by atoms with Crippen LogP contribution in [0.1, 0.15) is 12.0 Å². The van der Waals surface area contributed by atoms with Crippen molar-refractivity contribution >= 4 is 46.5 Å². The summed E-state index contributed by atoms with van der Waals surface area (Å²) in [6, 6.07) is 16.4. The molecule has 0 spiro atoms. The van der Waals surface area contributed by atoms with Gasteiger partial charge in [0.25, 0.3) is 11.1 Å². The van der Waals surface area contributed by atoms with E-state index in [9.17, 15) is 19.2 Å². The molecular formula is C24H23N3O5S. The molecule has 2 fully saturated rings. The molecule has 2 aromatic carbocycles. The van der Waals surface area contributed by atoms with Crippen LogP contribution in [0.15, 0.2) is 59.5 Å². The number of nitrogens with one attached hydrogen (secondary N) is 1. The summed E-state index contributed by atoms with van der Waals surface area (Å²) < 4.78 is 5.12. The molecule has 9 heteroatoms. The van der Waals surface area contributed by atoms with Crippen LogP contribution >= 0.6 is 11.8 Å². The molecule has 1 N–H and O–H groups in total. The smallest absolute Gasteiger partial charge is 0.293 e. The first kappa shape index (κ1) is 22.6. The van der Waals surface area contributed by atoms with Gasteiger partial charge < -0.3 is 15.0 Å². The van der Waals surface area contributed by atoms with Gasteiger partial charge in [0.15, 0.2) is 0 Å². The van der Waals surface area contributed by atoms with E-state index in [1.807, 2.05) is 30.3 Å². The van der Waals surface area contributed by atoms with Gasteiger partial charge in [0.1, 0.15) is 5.75 Å². The molecule has 0 saturated carbocycles. The second-order valence-electron chi connectivity index (χ2n) is 7.64. The van der Waals surface area contributed by atoms with E-state index in [-0.39, 0.29) is 42.5 Å². The minimum absolute atomic E-state index is 0.0689. The van der Waals surface area contributed by atoms with Gasteiger partial charge in [0.2, 0.25) is 11.8 Å². The van der Waals surface area contributed by atoms with E-state index in [1.54, 1.807) is 42.4 Å². The maximum Gasteiger partial charge on any atom is 0.293 e. The number of ether oxygens (including phenoxy) is 1. The second kappa shape index (κ2) is 9.91. The number of benzene rings is 2. The summed E-state index contributed by atoms with van der Waals surface area (Å²) in [5.41, 5.74) is 1.54. The number of hydrogen-bond acceptors (Lipinski definition) is 6. The molecule has 2 aliphatic rings. The Morgan fingerprint density at radius 3 is 2.55 bits per heavy atom. The number of methoxy groups -OCH3 is 1. The summed E-state index contributed by atoms with van der Waals surface area (Å²) in [5, 5.41) is 2.38. The lowest BCUT2D eigenvalue weighted by Crippen LogP contribution is -2.40. The average molecular weight is 466 g/mol. The van der Waals surface area contributed by atoms with E-state index in [0.29, 0.717) is 17.2 Å². The number of carbonyl (C=O) groups is 4.